The molecule has 1 saturated heterocycles. The largest absolute Gasteiger partial charge is 0.573 e. The van der Waals surface area contributed by atoms with Gasteiger partial charge in [0, 0.05) is 32.2 Å². The van der Waals surface area contributed by atoms with Gasteiger partial charge in [0.05, 0.1) is 5.69 Å². The summed E-state index contributed by atoms with van der Waals surface area (Å²) >= 11 is 0. The maximum Gasteiger partial charge on any atom is 0.573 e. The normalized spacial score (nSPS) is 17.6. The van der Waals surface area contributed by atoms with Crippen LogP contribution in [0.25, 0.3) is 0 Å². The zero-order valence-electron chi connectivity index (χ0n) is 11.7. The maximum absolute atomic E-state index is 12.4. The number of para-hydroxylation sites is 2. The van der Waals surface area contributed by atoms with E-state index in [0.717, 1.165) is 13.1 Å². The summed E-state index contributed by atoms with van der Waals surface area (Å²) in [6.07, 6.45) is -4.66. The molecule has 112 valence electrons. The first-order valence-corrected chi connectivity index (χ1v) is 6.70. The van der Waals surface area contributed by atoms with Gasteiger partial charge in [0.15, 0.2) is 5.75 Å². The first-order valence-electron chi connectivity index (χ1n) is 6.70. The van der Waals surface area contributed by atoms with Gasteiger partial charge in [0.1, 0.15) is 0 Å². The van der Waals surface area contributed by atoms with Crippen molar-refractivity contribution >= 4 is 5.69 Å². The first-order chi connectivity index (χ1) is 9.37. The van der Waals surface area contributed by atoms with Crippen molar-refractivity contribution < 1.29 is 17.9 Å². The number of hydrogen-bond donors (Lipinski definition) is 0. The number of hydrogen-bond acceptors (Lipinski definition) is 3. The van der Waals surface area contributed by atoms with Gasteiger partial charge in [-0.15, -0.1) is 13.2 Å². The Morgan fingerprint density at radius 3 is 2.20 bits per heavy atom. The minimum atomic E-state index is -4.66. The van der Waals surface area contributed by atoms with Crippen LogP contribution in [0.2, 0.25) is 0 Å². The Morgan fingerprint density at radius 1 is 1.05 bits per heavy atom. The van der Waals surface area contributed by atoms with Crippen molar-refractivity contribution in [2.24, 2.45) is 0 Å². The summed E-state index contributed by atoms with van der Waals surface area (Å²) in [7, 11) is 0. The van der Waals surface area contributed by atoms with Gasteiger partial charge in [0.2, 0.25) is 0 Å². The van der Waals surface area contributed by atoms with Crippen LogP contribution in [0, 0.1) is 0 Å². The number of rotatable bonds is 3. The predicted octanol–water partition coefficient (Wildman–Crippen LogP) is 3.12. The molecule has 0 unspecified atom stereocenters. The van der Waals surface area contributed by atoms with E-state index in [2.05, 4.69) is 23.5 Å². The van der Waals surface area contributed by atoms with Crippen LogP contribution in [0.15, 0.2) is 24.3 Å². The second-order valence-electron chi connectivity index (χ2n) is 5.13. The van der Waals surface area contributed by atoms with Crippen molar-refractivity contribution in [3.63, 3.8) is 0 Å². The van der Waals surface area contributed by atoms with Crippen LogP contribution >= 0.6 is 0 Å². The molecule has 1 heterocycles. The van der Waals surface area contributed by atoms with E-state index in [9.17, 15) is 13.2 Å². The molecule has 0 saturated carbocycles. The van der Waals surface area contributed by atoms with Crippen molar-refractivity contribution in [3.05, 3.63) is 24.3 Å². The molecule has 1 aromatic rings. The van der Waals surface area contributed by atoms with E-state index >= 15 is 0 Å². The third kappa shape index (κ3) is 3.79. The molecule has 0 spiro atoms. The lowest BCUT2D eigenvalue weighted by molar-refractivity contribution is -0.274. The number of anilines is 1. The first kappa shape index (κ1) is 15.0. The summed E-state index contributed by atoms with van der Waals surface area (Å²) in [5.41, 5.74) is 0.508. The quantitative estimate of drug-likeness (QED) is 0.850. The van der Waals surface area contributed by atoms with E-state index in [1.54, 1.807) is 18.2 Å². The molecule has 0 amide bonds. The Morgan fingerprint density at radius 2 is 1.65 bits per heavy atom. The van der Waals surface area contributed by atoms with E-state index in [0.29, 0.717) is 24.8 Å². The van der Waals surface area contributed by atoms with Crippen molar-refractivity contribution in [2.75, 3.05) is 31.1 Å². The molecule has 6 heteroatoms. The van der Waals surface area contributed by atoms with E-state index in [4.69, 9.17) is 0 Å². The number of piperazine rings is 1. The van der Waals surface area contributed by atoms with Crippen LogP contribution in [0.5, 0.6) is 5.75 Å². The average molecular weight is 288 g/mol. The number of benzene rings is 1. The third-order valence-electron chi connectivity index (χ3n) is 3.48. The monoisotopic (exact) mass is 288 g/mol. The molecular weight excluding hydrogens is 269 g/mol. The van der Waals surface area contributed by atoms with Crippen molar-refractivity contribution in [1.82, 2.24) is 4.90 Å². The van der Waals surface area contributed by atoms with Gasteiger partial charge in [0.25, 0.3) is 0 Å². The molecule has 0 atom stereocenters. The van der Waals surface area contributed by atoms with Gasteiger partial charge in [-0.3, -0.25) is 4.90 Å². The molecule has 1 aliphatic heterocycles. The number of halogens is 3. The highest BCUT2D eigenvalue weighted by Gasteiger charge is 2.33. The Kier molecular flexibility index (Phi) is 4.42. The summed E-state index contributed by atoms with van der Waals surface area (Å²) < 4.78 is 41.3. The van der Waals surface area contributed by atoms with Crippen LogP contribution in [-0.2, 0) is 0 Å². The average Bonchev–Trinajstić information content (AvgIpc) is 2.37. The van der Waals surface area contributed by atoms with E-state index < -0.39 is 6.36 Å². The zero-order valence-corrected chi connectivity index (χ0v) is 11.7. The third-order valence-corrected chi connectivity index (χ3v) is 3.48. The standard InChI is InChI=1S/C14H19F3N2O/c1-11(2)18-7-9-19(10-8-18)12-5-3-4-6-13(12)20-14(15,16)17/h3-6,11H,7-10H2,1-2H3. The SMILES string of the molecule is CC(C)N1CCN(c2ccccc2OC(F)(F)F)CC1. The summed E-state index contributed by atoms with van der Waals surface area (Å²) in [6.45, 7) is 7.34. The van der Waals surface area contributed by atoms with Gasteiger partial charge < -0.3 is 9.64 Å². The highest BCUT2D eigenvalue weighted by Crippen LogP contribution is 2.33. The fraction of sp³-hybridized carbons (Fsp3) is 0.571. The van der Waals surface area contributed by atoms with Crippen LogP contribution in [0.3, 0.4) is 0 Å². The topological polar surface area (TPSA) is 15.7 Å². The summed E-state index contributed by atoms with van der Waals surface area (Å²) in [5, 5.41) is 0. The van der Waals surface area contributed by atoms with Crippen molar-refractivity contribution in [2.45, 2.75) is 26.3 Å². The second kappa shape index (κ2) is 5.91. The molecule has 3 nitrogen and oxygen atoms in total. The Hall–Kier alpha value is -1.43. The van der Waals surface area contributed by atoms with E-state index in [1.807, 2.05) is 4.90 Å². The van der Waals surface area contributed by atoms with E-state index in [-0.39, 0.29) is 5.75 Å². The van der Waals surface area contributed by atoms with Gasteiger partial charge >= 0.3 is 6.36 Å². The molecule has 2 rings (SSSR count). The second-order valence-corrected chi connectivity index (χ2v) is 5.13. The molecule has 20 heavy (non-hydrogen) atoms. The number of ether oxygens (including phenoxy) is 1. The van der Waals surface area contributed by atoms with Gasteiger partial charge in [-0.05, 0) is 26.0 Å². The highest BCUT2D eigenvalue weighted by atomic mass is 19.4. The molecule has 0 bridgehead atoms. The molecule has 1 aliphatic rings. The summed E-state index contributed by atoms with van der Waals surface area (Å²) in [6, 6.07) is 6.77. The van der Waals surface area contributed by atoms with Crippen LogP contribution in [0.1, 0.15) is 13.8 Å². The smallest absolute Gasteiger partial charge is 0.404 e. The van der Waals surface area contributed by atoms with Crippen LogP contribution in [0.4, 0.5) is 18.9 Å². The summed E-state index contributed by atoms with van der Waals surface area (Å²) in [5.74, 6) is -0.127. The predicted molar refractivity (Wildman–Crippen MR) is 72.0 cm³/mol. The Balaban J connectivity index is 2.10. The van der Waals surface area contributed by atoms with Crippen molar-refractivity contribution in [1.29, 1.82) is 0 Å². The molecule has 1 aromatic carbocycles. The van der Waals surface area contributed by atoms with Crippen LogP contribution < -0.4 is 9.64 Å². The molecule has 0 radical (unpaired) electrons. The fourth-order valence-corrected chi connectivity index (χ4v) is 2.41. The molecular formula is C14H19F3N2O. The van der Waals surface area contributed by atoms with E-state index in [1.165, 1.54) is 6.07 Å². The Bertz CT molecular complexity index is 440. The molecule has 1 fully saturated rings. The molecule has 0 N–H and O–H groups in total. The minimum Gasteiger partial charge on any atom is -0.404 e. The van der Waals surface area contributed by atoms with Gasteiger partial charge in [-0.1, -0.05) is 12.1 Å². The summed E-state index contributed by atoms with van der Waals surface area (Å²) in [4.78, 5) is 4.25. The number of nitrogens with zero attached hydrogens (tertiary/aromatic N) is 2. The maximum atomic E-state index is 12.4. The number of alkyl halides is 3. The lowest BCUT2D eigenvalue weighted by atomic mass is 10.2. The lowest BCUT2D eigenvalue weighted by Crippen LogP contribution is -2.49. The lowest BCUT2D eigenvalue weighted by Gasteiger charge is -2.38. The van der Waals surface area contributed by atoms with Crippen molar-refractivity contribution in [3.8, 4) is 5.75 Å². The Labute approximate surface area is 116 Å². The van der Waals surface area contributed by atoms with Crippen LogP contribution in [-0.4, -0.2) is 43.5 Å². The van der Waals surface area contributed by atoms with Gasteiger partial charge in [-0.25, -0.2) is 0 Å². The fourth-order valence-electron chi connectivity index (χ4n) is 2.41. The minimum absolute atomic E-state index is 0.127. The molecule has 0 aromatic heterocycles. The molecule has 0 aliphatic carbocycles. The van der Waals surface area contributed by atoms with Gasteiger partial charge in [-0.2, -0.15) is 0 Å². The zero-order chi connectivity index (χ0) is 14.8. The highest BCUT2D eigenvalue weighted by molar-refractivity contribution is 5.58.